The summed E-state index contributed by atoms with van der Waals surface area (Å²) in [6, 6.07) is 12.2. The molecule has 0 aromatic heterocycles. The van der Waals surface area contributed by atoms with Crippen LogP contribution in [0.2, 0.25) is 5.02 Å². The Kier molecular flexibility index (Phi) is 4.88. The van der Waals surface area contributed by atoms with E-state index in [4.69, 9.17) is 32.7 Å². The van der Waals surface area contributed by atoms with E-state index in [1.54, 1.807) is 24.3 Å². The van der Waals surface area contributed by atoms with E-state index in [-0.39, 0.29) is 0 Å². The van der Waals surface area contributed by atoms with Gasteiger partial charge in [-0.25, -0.2) is 0 Å². The maximum atomic E-state index is 11.1. The third kappa shape index (κ3) is 3.65. The molecule has 0 aliphatic rings. The van der Waals surface area contributed by atoms with Gasteiger partial charge in [0.25, 0.3) is 5.24 Å². The fraction of sp³-hybridized carbons (Fsp3) is 0.133. The second-order valence-corrected chi connectivity index (χ2v) is 4.84. The highest BCUT2D eigenvalue weighted by Gasteiger charge is 2.09. The third-order valence-electron chi connectivity index (χ3n) is 2.67. The second kappa shape index (κ2) is 6.64. The van der Waals surface area contributed by atoms with Crippen molar-refractivity contribution in [3.8, 4) is 11.5 Å². The predicted molar refractivity (Wildman–Crippen MR) is 79.0 cm³/mol. The first kappa shape index (κ1) is 14.7. The lowest BCUT2D eigenvalue weighted by atomic mass is 10.2. The predicted octanol–water partition coefficient (Wildman–Crippen LogP) is 4.31. The molecule has 20 heavy (non-hydrogen) atoms. The molecular weight excluding hydrogens is 299 g/mol. The van der Waals surface area contributed by atoms with Crippen LogP contribution in [0.1, 0.15) is 15.9 Å². The van der Waals surface area contributed by atoms with Crippen molar-refractivity contribution in [2.75, 3.05) is 7.11 Å². The highest BCUT2D eigenvalue weighted by molar-refractivity contribution is 6.67. The molecule has 0 N–H and O–H groups in total. The van der Waals surface area contributed by atoms with Crippen molar-refractivity contribution in [2.45, 2.75) is 6.61 Å². The zero-order valence-electron chi connectivity index (χ0n) is 10.7. The van der Waals surface area contributed by atoms with E-state index in [0.717, 1.165) is 5.56 Å². The van der Waals surface area contributed by atoms with Gasteiger partial charge in [0.05, 0.1) is 7.11 Å². The van der Waals surface area contributed by atoms with Crippen LogP contribution in [0.25, 0.3) is 0 Å². The first-order valence-electron chi connectivity index (χ1n) is 5.85. The minimum atomic E-state index is -0.537. The van der Waals surface area contributed by atoms with Crippen molar-refractivity contribution in [3.05, 3.63) is 58.6 Å². The van der Waals surface area contributed by atoms with Crippen molar-refractivity contribution in [1.29, 1.82) is 0 Å². The molecule has 2 rings (SSSR count). The summed E-state index contributed by atoms with van der Waals surface area (Å²) in [6.45, 7) is 0.352. The minimum absolute atomic E-state index is 0.352. The number of benzene rings is 2. The van der Waals surface area contributed by atoms with Gasteiger partial charge in [0, 0.05) is 10.6 Å². The molecule has 0 amide bonds. The molecular formula is C15H12Cl2O3. The zero-order chi connectivity index (χ0) is 14.5. The maximum absolute atomic E-state index is 11.1. The molecule has 0 unspecified atom stereocenters. The Morgan fingerprint density at radius 3 is 2.60 bits per heavy atom. The molecule has 0 heterocycles. The summed E-state index contributed by atoms with van der Waals surface area (Å²) in [5.41, 5.74) is 1.30. The third-order valence-corrected chi connectivity index (χ3v) is 3.13. The van der Waals surface area contributed by atoms with Gasteiger partial charge in [-0.3, -0.25) is 4.79 Å². The molecule has 0 aliphatic heterocycles. The van der Waals surface area contributed by atoms with Crippen LogP contribution in [0.4, 0.5) is 0 Å². The lowest BCUT2D eigenvalue weighted by Crippen LogP contribution is -1.99. The second-order valence-electron chi connectivity index (χ2n) is 4.06. The Bertz CT molecular complexity index is 626. The summed E-state index contributed by atoms with van der Waals surface area (Å²) >= 11 is 11.3. The lowest BCUT2D eigenvalue weighted by molar-refractivity contribution is 0.108. The van der Waals surface area contributed by atoms with Crippen LogP contribution in [-0.4, -0.2) is 12.4 Å². The average molecular weight is 311 g/mol. The largest absolute Gasteiger partial charge is 0.493 e. The van der Waals surface area contributed by atoms with Crippen molar-refractivity contribution >= 4 is 28.4 Å². The van der Waals surface area contributed by atoms with Crippen molar-refractivity contribution in [2.24, 2.45) is 0 Å². The molecule has 0 radical (unpaired) electrons. The maximum Gasteiger partial charge on any atom is 0.252 e. The smallest absolute Gasteiger partial charge is 0.252 e. The summed E-state index contributed by atoms with van der Waals surface area (Å²) in [6.07, 6.45) is 0. The summed E-state index contributed by atoms with van der Waals surface area (Å²) in [7, 11) is 1.50. The molecule has 0 fully saturated rings. The molecule has 0 saturated carbocycles. The van der Waals surface area contributed by atoms with Crippen LogP contribution in [0, 0.1) is 0 Å². The van der Waals surface area contributed by atoms with Gasteiger partial charge in [-0.05, 0) is 47.5 Å². The molecule has 0 atom stereocenters. The Morgan fingerprint density at radius 2 is 1.95 bits per heavy atom. The van der Waals surface area contributed by atoms with E-state index in [9.17, 15) is 4.79 Å². The van der Waals surface area contributed by atoms with E-state index in [2.05, 4.69) is 0 Å². The Morgan fingerprint density at radius 1 is 1.15 bits per heavy atom. The molecule has 3 nitrogen and oxygen atoms in total. The number of methoxy groups -OCH3 is 1. The number of rotatable bonds is 5. The van der Waals surface area contributed by atoms with Crippen LogP contribution in [0.15, 0.2) is 42.5 Å². The Hall–Kier alpha value is -1.71. The highest BCUT2D eigenvalue weighted by atomic mass is 35.5. The Labute approximate surface area is 127 Å². The fourth-order valence-electron chi connectivity index (χ4n) is 1.70. The Balaban J connectivity index is 2.15. The van der Waals surface area contributed by atoms with Crippen LogP contribution in [-0.2, 0) is 6.61 Å². The summed E-state index contributed by atoms with van der Waals surface area (Å²) < 4.78 is 10.9. The number of halogens is 2. The van der Waals surface area contributed by atoms with E-state index >= 15 is 0 Å². The van der Waals surface area contributed by atoms with E-state index < -0.39 is 5.24 Å². The quantitative estimate of drug-likeness (QED) is 0.772. The van der Waals surface area contributed by atoms with Gasteiger partial charge < -0.3 is 9.47 Å². The van der Waals surface area contributed by atoms with E-state index in [0.29, 0.717) is 28.7 Å². The SMILES string of the molecule is COc1cc(C(=O)Cl)ccc1OCc1cccc(Cl)c1. The number of hydrogen-bond acceptors (Lipinski definition) is 3. The molecule has 0 bridgehead atoms. The molecule has 2 aromatic carbocycles. The molecule has 5 heteroatoms. The first-order valence-corrected chi connectivity index (χ1v) is 6.61. The topological polar surface area (TPSA) is 35.5 Å². The number of carbonyl (C=O) groups excluding carboxylic acids is 1. The summed E-state index contributed by atoms with van der Waals surface area (Å²) in [4.78, 5) is 11.1. The molecule has 104 valence electrons. The van der Waals surface area contributed by atoms with Gasteiger partial charge >= 0.3 is 0 Å². The van der Waals surface area contributed by atoms with Gasteiger partial charge in [0.15, 0.2) is 11.5 Å². The average Bonchev–Trinajstić information content (AvgIpc) is 2.45. The fourth-order valence-corrected chi connectivity index (χ4v) is 2.03. The molecule has 0 spiro atoms. The minimum Gasteiger partial charge on any atom is -0.493 e. The van der Waals surface area contributed by atoms with Gasteiger partial charge in [0.1, 0.15) is 6.61 Å². The van der Waals surface area contributed by atoms with Crippen molar-refractivity contribution in [3.63, 3.8) is 0 Å². The number of ether oxygens (including phenoxy) is 2. The van der Waals surface area contributed by atoms with Gasteiger partial charge in [-0.2, -0.15) is 0 Å². The number of carbonyl (C=O) groups is 1. The van der Waals surface area contributed by atoms with Gasteiger partial charge in [-0.1, -0.05) is 23.7 Å². The van der Waals surface area contributed by atoms with Crippen LogP contribution >= 0.6 is 23.2 Å². The molecule has 0 saturated heterocycles. The van der Waals surface area contributed by atoms with Crippen molar-refractivity contribution in [1.82, 2.24) is 0 Å². The van der Waals surface area contributed by atoms with Crippen molar-refractivity contribution < 1.29 is 14.3 Å². The number of hydrogen-bond donors (Lipinski definition) is 0. The lowest BCUT2D eigenvalue weighted by Gasteiger charge is -2.11. The molecule has 0 aliphatic carbocycles. The van der Waals surface area contributed by atoms with Gasteiger partial charge in [-0.15, -0.1) is 0 Å². The summed E-state index contributed by atoms with van der Waals surface area (Å²) in [5, 5.41) is 0.117. The zero-order valence-corrected chi connectivity index (χ0v) is 12.2. The van der Waals surface area contributed by atoms with E-state index in [1.165, 1.54) is 7.11 Å². The standard InChI is InChI=1S/C15H12Cl2O3/c1-19-14-8-11(15(17)18)5-6-13(14)20-9-10-3-2-4-12(16)7-10/h2-8H,9H2,1H3. The first-order chi connectivity index (χ1) is 9.60. The van der Waals surface area contributed by atoms with Crippen LogP contribution in [0.3, 0.4) is 0 Å². The molecule has 2 aromatic rings. The van der Waals surface area contributed by atoms with Crippen LogP contribution < -0.4 is 9.47 Å². The monoisotopic (exact) mass is 310 g/mol. The normalized spacial score (nSPS) is 10.2. The highest BCUT2D eigenvalue weighted by Crippen LogP contribution is 2.29. The van der Waals surface area contributed by atoms with Crippen LogP contribution in [0.5, 0.6) is 11.5 Å². The van der Waals surface area contributed by atoms with E-state index in [1.807, 2.05) is 18.2 Å². The summed E-state index contributed by atoms with van der Waals surface area (Å²) in [5.74, 6) is 0.993. The van der Waals surface area contributed by atoms with Gasteiger partial charge in [0.2, 0.25) is 0 Å².